The number of carbonyl (C=O) groups excluding carboxylic acids is 1. The van der Waals surface area contributed by atoms with Gasteiger partial charge in [-0.3, -0.25) is 4.79 Å². The molecule has 0 fully saturated rings. The number of anilines is 1. The molecular formula is C18H18ClNO2. The van der Waals surface area contributed by atoms with E-state index >= 15 is 0 Å². The van der Waals surface area contributed by atoms with Crippen LogP contribution in [-0.4, -0.2) is 12.5 Å². The van der Waals surface area contributed by atoms with Gasteiger partial charge in [-0.2, -0.15) is 0 Å². The van der Waals surface area contributed by atoms with Crippen molar-refractivity contribution in [3.63, 3.8) is 0 Å². The molecule has 0 unspecified atom stereocenters. The summed E-state index contributed by atoms with van der Waals surface area (Å²) in [5.41, 5.74) is 2.50. The lowest BCUT2D eigenvalue weighted by molar-refractivity contribution is -0.111. The standard InChI is InChI=1S/C18H18ClNO2/c1-3-22-15-10-7-14(8-11-15)9-12-18(21)20-17-6-4-5-16(19)13(17)2/h4-12H,3H2,1-2H3,(H,20,21). The first kappa shape index (κ1) is 16.1. The second-order valence-electron chi connectivity index (χ2n) is 4.74. The quantitative estimate of drug-likeness (QED) is 0.812. The minimum atomic E-state index is -0.195. The van der Waals surface area contributed by atoms with Crippen molar-refractivity contribution in [3.8, 4) is 5.75 Å². The van der Waals surface area contributed by atoms with Crippen LogP contribution in [0.1, 0.15) is 18.1 Å². The van der Waals surface area contributed by atoms with Crippen LogP contribution < -0.4 is 10.1 Å². The van der Waals surface area contributed by atoms with Crippen LogP contribution in [0.25, 0.3) is 6.08 Å². The number of rotatable bonds is 5. The summed E-state index contributed by atoms with van der Waals surface area (Å²) in [6.45, 7) is 4.45. The summed E-state index contributed by atoms with van der Waals surface area (Å²) < 4.78 is 5.37. The van der Waals surface area contributed by atoms with E-state index in [-0.39, 0.29) is 5.91 Å². The molecular weight excluding hydrogens is 298 g/mol. The van der Waals surface area contributed by atoms with Gasteiger partial charge < -0.3 is 10.1 Å². The number of nitrogens with one attached hydrogen (secondary N) is 1. The summed E-state index contributed by atoms with van der Waals surface area (Å²) in [5, 5.41) is 3.45. The summed E-state index contributed by atoms with van der Waals surface area (Å²) in [6.07, 6.45) is 3.25. The fourth-order valence-electron chi connectivity index (χ4n) is 1.93. The highest BCUT2D eigenvalue weighted by Gasteiger charge is 2.04. The summed E-state index contributed by atoms with van der Waals surface area (Å²) in [4.78, 5) is 12.0. The van der Waals surface area contributed by atoms with Crippen LogP contribution >= 0.6 is 11.6 Å². The van der Waals surface area contributed by atoms with Gasteiger partial charge in [-0.25, -0.2) is 0 Å². The highest BCUT2D eigenvalue weighted by molar-refractivity contribution is 6.31. The molecule has 0 aliphatic carbocycles. The van der Waals surface area contributed by atoms with Gasteiger partial charge in [0.25, 0.3) is 0 Å². The molecule has 22 heavy (non-hydrogen) atoms. The summed E-state index contributed by atoms with van der Waals surface area (Å²) in [5.74, 6) is 0.623. The van der Waals surface area contributed by atoms with Gasteiger partial charge in [-0.1, -0.05) is 29.8 Å². The predicted octanol–water partition coefficient (Wildman–Crippen LogP) is 4.70. The van der Waals surface area contributed by atoms with E-state index in [0.717, 1.165) is 16.9 Å². The van der Waals surface area contributed by atoms with Crippen molar-refractivity contribution in [2.75, 3.05) is 11.9 Å². The van der Waals surface area contributed by atoms with Crippen molar-refractivity contribution < 1.29 is 9.53 Å². The Hall–Kier alpha value is -2.26. The lowest BCUT2D eigenvalue weighted by atomic mass is 10.2. The van der Waals surface area contributed by atoms with Crippen molar-refractivity contribution in [1.82, 2.24) is 0 Å². The van der Waals surface area contributed by atoms with Gasteiger partial charge in [-0.15, -0.1) is 0 Å². The molecule has 0 aromatic heterocycles. The van der Waals surface area contributed by atoms with Crippen LogP contribution in [-0.2, 0) is 4.79 Å². The van der Waals surface area contributed by atoms with E-state index in [1.165, 1.54) is 6.08 Å². The Labute approximate surface area is 135 Å². The maximum absolute atomic E-state index is 12.0. The van der Waals surface area contributed by atoms with Crippen LogP contribution in [0, 0.1) is 6.92 Å². The second-order valence-corrected chi connectivity index (χ2v) is 5.14. The highest BCUT2D eigenvalue weighted by Crippen LogP contribution is 2.22. The SMILES string of the molecule is CCOc1ccc(C=CC(=O)Nc2cccc(Cl)c2C)cc1. The van der Waals surface area contributed by atoms with E-state index in [0.29, 0.717) is 17.3 Å². The molecule has 0 radical (unpaired) electrons. The molecule has 0 heterocycles. The maximum atomic E-state index is 12.0. The highest BCUT2D eigenvalue weighted by atomic mass is 35.5. The number of hydrogen-bond acceptors (Lipinski definition) is 2. The van der Waals surface area contributed by atoms with Crippen LogP contribution in [0.3, 0.4) is 0 Å². The lowest BCUT2D eigenvalue weighted by Gasteiger charge is -2.07. The Morgan fingerprint density at radius 2 is 1.95 bits per heavy atom. The van der Waals surface area contributed by atoms with Gasteiger partial charge in [0.2, 0.25) is 5.91 Å². The Morgan fingerprint density at radius 3 is 2.64 bits per heavy atom. The van der Waals surface area contributed by atoms with E-state index in [1.807, 2.05) is 44.2 Å². The minimum absolute atomic E-state index is 0.195. The first-order chi connectivity index (χ1) is 10.6. The molecule has 1 N–H and O–H groups in total. The number of halogens is 1. The Bertz CT molecular complexity index is 678. The van der Waals surface area contributed by atoms with Crippen LogP contribution in [0.4, 0.5) is 5.69 Å². The molecule has 0 atom stereocenters. The average molecular weight is 316 g/mol. The largest absolute Gasteiger partial charge is 0.494 e. The number of ether oxygens (including phenoxy) is 1. The molecule has 2 rings (SSSR count). The summed E-state index contributed by atoms with van der Waals surface area (Å²) in [7, 11) is 0. The van der Waals surface area contributed by atoms with Crippen molar-refractivity contribution in [2.45, 2.75) is 13.8 Å². The first-order valence-electron chi connectivity index (χ1n) is 7.07. The van der Waals surface area contributed by atoms with Crippen molar-refractivity contribution in [3.05, 3.63) is 64.7 Å². The van der Waals surface area contributed by atoms with Crippen molar-refractivity contribution >= 4 is 29.3 Å². The third kappa shape index (κ3) is 4.37. The zero-order valence-corrected chi connectivity index (χ0v) is 13.4. The van der Waals surface area contributed by atoms with Gasteiger partial charge in [0, 0.05) is 16.8 Å². The summed E-state index contributed by atoms with van der Waals surface area (Å²) in [6, 6.07) is 13.0. The van der Waals surface area contributed by atoms with E-state index in [9.17, 15) is 4.79 Å². The van der Waals surface area contributed by atoms with Gasteiger partial charge in [0.05, 0.1) is 6.61 Å². The molecule has 1 amide bonds. The Balaban J connectivity index is 2.00. The van der Waals surface area contributed by atoms with Crippen LogP contribution in [0.5, 0.6) is 5.75 Å². The lowest BCUT2D eigenvalue weighted by Crippen LogP contribution is -2.08. The fraction of sp³-hybridized carbons (Fsp3) is 0.167. The molecule has 0 saturated carbocycles. The number of amides is 1. The molecule has 4 heteroatoms. The number of carbonyl (C=O) groups is 1. The maximum Gasteiger partial charge on any atom is 0.248 e. The zero-order chi connectivity index (χ0) is 15.9. The molecule has 0 aliphatic heterocycles. The normalized spacial score (nSPS) is 10.7. The topological polar surface area (TPSA) is 38.3 Å². The number of hydrogen-bond donors (Lipinski definition) is 1. The van der Waals surface area contributed by atoms with Gasteiger partial charge >= 0.3 is 0 Å². The van der Waals surface area contributed by atoms with Crippen molar-refractivity contribution in [2.24, 2.45) is 0 Å². The average Bonchev–Trinajstić information content (AvgIpc) is 2.51. The fourth-order valence-corrected chi connectivity index (χ4v) is 2.11. The zero-order valence-electron chi connectivity index (χ0n) is 12.6. The molecule has 0 saturated heterocycles. The van der Waals surface area contributed by atoms with Gasteiger partial charge in [0.15, 0.2) is 0 Å². The van der Waals surface area contributed by atoms with E-state index < -0.39 is 0 Å². The molecule has 3 nitrogen and oxygen atoms in total. The van der Waals surface area contributed by atoms with Crippen molar-refractivity contribution in [1.29, 1.82) is 0 Å². The van der Waals surface area contributed by atoms with E-state index in [2.05, 4.69) is 5.32 Å². The monoisotopic (exact) mass is 315 g/mol. The molecule has 0 aliphatic rings. The van der Waals surface area contributed by atoms with Crippen LogP contribution in [0.2, 0.25) is 5.02 Å². The smallest absolute Gasteiger partial charge is 0.248 e. The van der Waals surface area contributed by atoms with Gasteiger partial charge in [0.1, 0.15) is 5.75 Å². The van der Waals surface area contributed by atoms with Crippen LogP contribution in [0.15, 0.2) is 48.5 Å². The number of benzene rings is 2. The molecule has 2 aromatic rings. The minimum Gasteiger partial charge on any atom is -0.494 e. The molecule has 0 bridgehead atoms. The molecule has 114 valence electrons. The predicted molar refractivity (Wildman–Crippen MR) is 91.5 cm³/mol. The van der Waals surface area contributed by atoms with Gasteiger partial charge in [-0.05, 0) is 55.3 Å². The molecule has 2 aromatic carbocycles. The molecule has 0 spiro atoms. The Morgan fingerprint density at radius 1 is 1.23 bits per heavy atom. The second kappa shape index (κ2) is 7.66. The Kier molecular flexibility index (Phi) is 5.61. The van der Waals surface area contributed by atoms with E-state index in [1.54, 1.807) is 18.2 Å². The van der Waals surface area contributed by atoms with E-state index in [4.69, 9.17) is 16.3 Å². The first-order valence-corrected chi connectivity index (χ1v) is 7.45. The third-order valence-electron chi connectivity index (χ3n) is 3.14. The summed E-state index contributed by atoms with van der Waals surface area (Å²) >= 11 is 6.03. The third-order valence-corrected chi connectivity index (χ3v) is 3.55.